The fourth-order valence-corrected chi connectivity index (χ4v) is 8.94. The first-order valence-electron chi connectivity index (χ1n) is 18.3. The van der Waals surface area contributed by atoms with Gasteiger partial charge in [0, 0.05) is 30.3 Å². The van der Waals surface area contributed by atoms with Crippen molar-refractivity contribution < 1.29 is 23.3 Å². The molecule has 1 aromatic heterocycles. The van der Waals surface area contributed by atoms with Crippen molar-refractivity contribution in [2.24, 2.45) is 4.99 Å². The van der Waals surface area contributed by atoms with E-state index in [2.05, 4.69) is 44.3 Å². The first kappa shape index (κ1) is 37.4. The van der Waals surface area contributed by atoms with Crippen LogP contribution in [0.4, 0.5) is 10.2 Å². The number of ether oxygens (including phenoxy) is 4. The molecule has 13 heteroatoms. The van der Waals surface area contributed by atoms with Crippen LogP contribution in [0, 0.1) is 16.3 Å². The lowest BCUT2D eigenvalue weighted by atomic mass is 9.94. The predicted molar refractivity (Wildman–Crippen MR) is 220 cm³/mol. The number of hydrogen-bond acceptors (Lipinski definition) is 10. The van der Waals surface area contributed by atoms with Crippen molar-refractivity contribution >= 4 is 45.8 Å². The van der Waals surface area contributed by atoms with Crippen LogP contribution in [0.25, 0.3) is 17.1 Å². The minimum atomic E-state index is -0.640. The summed E-state index contributed by atoms with van der Waals surface area (Å²) in [6.45, 7) is 9.85. The first-order chi connectivity index (χ1) is 26.6. The molecule has 0 spiro atoms. The quantitative estimate of drug-likeness (QED) is 0.129. The van der Waals surface area contributed by atoms with Crippen molar-refractivity contribution in [1.82, 2.24) is 20.1 Å². The average Bonchev–Trinajstić information content (AvgIpc) is 3.67. The van der Waals surface area contributed by atoms with Gasteiger partial charge in [0.25, 0.3) is 0 Å². The summed E-state index contributed by atoms with van der Waals surface area (Å²) in [6, 6.07) is 17.9. The zero-order valence-corrected chi connectivity index (χ0v) is 34.3. The molecular weight excluding hydrogens is 834 g/mol. The van der Waals surface area contributed by atoms with E-state index in [1.54, 1.807) is 20.4 Å². The minimum Gasteiger partial charge on any atom is -0.497 e. The largest absolute Gasteiger partial charge is 0.497 e. The molecule has 1 N–H and O–H groups in total. The third kappa shape index (κ3) is 7.08. The first-order valence-corrected chi connectivity index (χ1v) is 19.7. The Hall–Kier alpha value is -4.53. The van der Waals surface area contributed by atoms with Crippen LogP contribution in [0.2, 0.25) is 5.02 Å². The molecule has 286 valence electrons. The number of rotatable bonds is 11. The van der Waals surface area contributed by atoms with Crippen molar-refractivity contribution in [3.8, 4) is 28.5 Å². The van der Waals surface area contributed by atoms with Crippen LogP contribution in [0.1, 0.15) is 36.0 Å². The van der Waals surface area contributed by atoms with Gasteiger partial charge in [-0.15, -0.1) is 0 Å². The van der Waals surface area contributed by atoms with Crippen LogP contribution in [-0.2, 0) is 17.8 Å². The molecule has 2 saturated heterocycles. The maximum atomic E-state index is 17.5. The maximum Gasteiger partial charge on any atom is 0.302 e. The molecule has 55 heavy (non-hydrogen) atoms. The summed E-state index contributed by atoms with van der Waals surface area (Å²) >= 11 is 9.45. The molecule has 2 fully saturated rings. The standard InChI is InChI=1S/C42H43ClFIN6O4/c1-25-18-42(15-6-16-51(42)19-25)23-54-32-22-49(3)41-34-38(46-24-47-41)35(43)33(36(44)40(34)55-32)39-37(45)26(2)17-31(48-39)50(20-27-7-11-29(52-4)12-8-27)21-28-9-13-30(53-5)14-10-28/h7-14,17,22,47H,1,6,15-16,18-21,23-24H2,2-5H3/t42-/m0/s1. The summed E-state index contributed by atoms with van der Waals surface area (Å²) < 4.78 is 42.0. The van der Waals surface area contributed by atoms with Gasteiger partial charge in [0.05, 0.1) is 52.8 Å². The topological polar surface area (TPSA) is 83.9 Å². The van der Waals surface area contributed by atoms with Crippen molar-refractivity contribution in [1.29, 1.82) is 0 Å². The minimum absolute atomic E-state index is 0.0125. The lowest BCUT2D eigenvalue weighted by molar-refractivity contribution is 0.0264. The Kier molecular flexibility index (Phi) is 10.3. The Labute approximate surface area is 339 Å². The van der Waals surface area contributed by atoms with Gasteiger partial charge in [-0.05, 0) is 102 Å². The van der Waals surface area contributed by atoms with Crippen LogP contribution in [0.3, 0.4) is 0 Å². The summed E-state index contributed by atoms with van der Waals surface area (Å²) in [5.74, 6) is 2.37. The Morgan fingerprint density at radius 1 is 1.07 bits per heavy atom. The zero-order chi connectivity index (χ0) is 38.4. The van der Waals surface area contributed by atoms with Crippen LogP contribution < -0.4 is 35.0 Å². The van der Waals surface area contributed by atoms with Crippen molar-refractivity contribution in [3.63, 3.8) is 0 Å². The number of aromatic nitrogens is 1. The molecule has 0 bridgehead atoms. The number of fused-ring (bicyclic) bond motifs is 1. The van der Waals surface area contributed by atoms with Gasteiger partial charge >= 0.3 is 5.95 Å². The van der Waals surface area contributed by atoms with Gasteiger partial charge in [-0.25, -0.2) is 9.37 Å². The highest BCUT2D eigenvalue weighted by atomic mass is 127. The van der Waals surface area contributed by atoms with Gasteiger partial charge < -0.3 is 34.1 Å². The maximum absolute atomic E-state index is 17.5. The number of nitrogens with zero attached hydrogens (tertiary/aromatic N) is 5. The lowest BCUT2D eigenvalue weighted by Gasteiger charge is -2.31. The van der Waals surface area contributed by atoms with Crippen LogP contribution in [0.5, 0.6) is 17.2 Å². The third-order valence-electron chi connectivity index (χ3n) is 10.9. The molecule has 0 radical (unpaired) electrons. The van der Waals surface area contributed by atoms with E-state index in [1.807, 2.05) is 73.5 Å². The Morgan fingerprint density at radius 2 is 1.75 bits per heavy atom. The molecule has 8 rings (SSSR count). The van der Waals surface area contributed by atoms with Crippen molar-refractivity contribution in [2.45, 2.75) is 44.8 Å². The normalized spacial score (nSPS) is 18.7. The Morgan fingerprint density at radius 3 is 2.40 bits per heavy atom. The van der Waals surface area contributed by atoms with Crippen LogP contribution in [-0.4, -0.2) is 68.0 Å². The van der Waals surface area contributed by atoms with Gasteiger partial charge in [-0.1, -0.05) is 48.0 Å². The van der Waals surface area contributed by atoms with E-state index >= 15 is 4.39 Å². The number of aryl methyl sites for hydroxylation is 1. The lowest BCUT2D eigenvalue weighted by Crippen LogP contribution is -2.43. The number of nitrogens with one attached hydrogen (secondary N) is 1. The summed E-state index contributed by atoms with van der Waals surface area (Å²) in [7, 11) is 5.17. The number of halogens is 3. The van der Waals surface area contributed by atoms with E-state index in [1.165, 1.54) is 5.57 Å². The van der Waals surface area contributed by atoms with E-state index < -0.39 is 5.82 Å². The van der Waals surface area contributed by atoms with E-state index in [4.69, 9.17) is 40.5 Å². The molecule has 3 aromatic carbocycles. The van der Waals surface area contributed by atoms with Gasteiger partial charge in [0.2, 0.25) is 0 Å². The smallest absolute Gasteiger partial charge is 0.302 e. The molecule has 10 nitrogen and oxygen atoms in total. The molecule has 5 heterocycles. The second-order valence-electron chi connectivity index (χ2n) is 14.5. The molecule has 0 unspecified atom stereocenters. The fourth-order valence-electron chi connectivity index (χ4n) is 8.07. The second kappa shape index (κ2) is 15.2. The van der Waals surface area contributed by atoms with Gasteiger partial charge in [0.1, 0.15) is 36.4 Å². The number of anilines is 1. The SMILES string of the molecule is C=C1CN2CCC[C@@]2(COC2=CN(C)C3=c4c(c(F)c(-c5nc(N(Cc6ccc(OC)cc6)Cc6ccc(OC)cc6)cc(C)c5I)c(Cl)c4=NCN3)O2)C1. The highest BCUT2D eigenvalue weighted by Crippen LogP contribution is 2.42. The van der Waals surface area contributed by atoms with Crippen LogP contribution >= 0.6 is 34.2 Å². The molecule has 0 saturated carbocycles. The van der Waals surface area contributed by atoms with Gasteiger partial charge in [-0.3, -0.25) is 9.89 Å². The van der Waals surface area contributed by atoms with Crippen LogP contribution in [0.15, 0.2) is 83.9 Å². The third-order valence-corrected chi connectivity index (χ3v) is 12.6. The molecule has 0 amide bonds. The number of hydrogen-bond donors (Lipinski definition) is 1. The molecule has 4 aliphatic rings. The fraction of sp³-hybridized carbons (Fsp3) is 0.333. The number of methoxy groups -OCH3 is 2. The van der Waals surface area contributed by atoms with E-state index in [0.717, 1.165) is 64.1 Å². The van der Waals surface area contributed by atoms with E-state index in [9.17, 15) is 0 Å². The predicted octanol–water partition coefficient (Wildman–Crippen LogP) is 6.86. The van der Waals surface area contributed by atoms with E-state index in [-0.39, 0.29) is 34.5 Å². The summed E-state index contributed by atoms with van der Waals surface area (Å²) in [4.78, 5) is 16.4. The number of pyridine rings is 1. The van der Waals surface area contributed by atoms with Crippen molar-refractivity contribution in [3.05, 3.63) is 121 Å². The van der Waals surface area contributed by atoms with E-state index in [0.29, 0.717) is 47.6 Å². The Balaban J connectivity index is 1.21. The van der Waals surface area contributed by atoms with Gasteiger partial charge in [0.15, 0.2) is 11.6 Å². The molecule has 4 aromatic rings. The van der Waals surface area contributed by atoms with Gasteiger partial charge in [-0.2, -0.15) is 0 Å². The second-order valence-corrected chi connectivity index (χ2v) is 16.0. The Bertz CT molecular complexity index is 2270. The summed E-state index contributed by atoms with van der Waals surface area (Å²) in [5, 5.41) is 4.34. The molecule has 4 aliphatic heterocycles. The highest BCUT2D eigenvalue weighted by Gasteiger charge is 2.47. The highest BCUT2D eigenvalue weighted by molar-refractivity contribution is 14.1. The molecular formula is C42H43ClFIN6O4. The summed E-state index contributed by atoms with van der Waals surface area (Å²) in [6.07, 6.45) is 4.73. The average molecular weight is 877 g/mol. The molecule has 1 atom stereocenters. The summed E-state index contributed by atoms with van der Waals surface area (Å²) in [5.41, 5.74) is 4.62. The number of benzene rings is 3. The molecule has 0 aliphatic carbocycles. The monoisotopic (exact) mass is 876 g/mol. The zero-order valence-electron chi connectivity index (χ0n) is 31.3. The van der Waals surface area contributed by atoms with Crippen molar-refractivity contribution in [2.75, 3.05) is 52.5 Å².